The Labute approximate surface area is 68.9 Å². The molecule has 0 fully saturated rings. The molecule has 4 nitrogen and oxygen atoms in total. The van der Waals surface area contributed by atoms with Gasteiger partial charge in [0, 0.05) is 13.2 Å². The lowest BCUT2D eigenvalue weighted by Crippen LogP contribution is -2.29. The van der Waals surface area contributed by atoms with Crippen molar-refractivity contribution >= 4 is 0 Å². The van der Waals surface area contributed by atoms with Crippen LogP contribution in [-0.2, 0) is 7.05 Å². The highest BCUT2D eigenvalue weighted by Crippen LogP contribution is 1.80. The van der Waals surface area contributed by atoms with E-state index in [4.69, 9.17) is 0 Å². The molecule has 12 heavy (non-hydrogen) atoms. The fourth-order valence-corrected chi connectivity index (χ4v) is 0.787. The molecule has 0 aliphatic heterocycles. The van der Waals surface area contributed by atoms with Crippen LogP contribution in [0.25, 0.3) is 0 Å². The predicted molar refractivity (Wildman–Crippen MR) is 44.9 cm³/mol. The van der Waals surface area contributed by atoms with E-state index in [1.54, 1.807) is 14.0 Å². The third-order valence-electron chi connectivity index (χ3n) is 1.37. The topological polar surface area (TPSA) is 54.9 Å². The van der Waals surface area contributed by atoms with Crippen molar-refractivity contribution in [1.82, 2.24) is 9.55 Å². The molecule has 1 aromatic rings. The highest BCUT2D eigenvalue weighted by atomic mass is 16.2. The van der Waals surface area contributed by atoms with Gasteiger partial charge < -0.3 is 4.57 Å². The van der Waals surface area contributed by atoms with E-state index < -0.39 is 11.2 Å². The molecule has 1 rings (SSSR count). The summed E-state index contributed by atoms with van der Waals surface area (Å²) < 4.78 is 1.28. The SMILES string of the molecule is CC#Cc1cn(C)c(=O)[nH]c1=O. The maximum Gasteiger partial charge on any atom is 0.328 e. The van der Waals surface area contributed by atoms with Crippen molar-refractivity contribution in [2.24, 2.45) is 7.05 Å². The quantitative estimate of drug-likeness (QED) is 0.523. The van der Waals surface area contributed by atoms with Crippen molar-refractivity contribution in [3.05, 3.63) is 32.6 Å². The van der Waals surface area contributed by atoms with Crippen molar-refractivity contribution in [3.63, 3.8) is 0 Å². The summed E-state index contributed by atoms with van der Waals surface area (Å²) in [7, 11) is 1.55. The zero-order valence-corrected chi connectivity index (χ0v) is 6.84. The molecule has 0 unspecified atom stereocenters. The minimum atomic E-state index is -0.438. The first kappa shape index (κ1) is 8.34. The highest BCUT2D eigenvalue weighted by Gasteiger charge is 1.97. The molecule has 0 aliphatic carbocycles. The summed E-state index contributed by atoms with van der Waals surface area (Å²) in [6.45, 7) is 1.63. The lowest BCUT2D eigenvalue weighted by atomic mass is 10.3. The standard InChI is InChI=1S/C8H8N2O2/c1-3-4-6-5-10(2)8(12)9-7(6)11/h5H,1-2H3,(H,9,11,12). The van der Waals surface area contributed by atoms with Crippen LogP contribution < -0.4 is 11.2 Å². The van der Waals surface area contributed by atoms with Crippen LogP contribution in [-0.4, -0.2) is 9.55 Å². The lowest BCUT2D eigenvalue weighted by Gasteiger charge is -1.94. The molecule has 1 heterocycles. The maximum absolute atomic E-state index is 11.0. The number of aromatic amines is 1. The second kappa shape index (κ2) is 3.09. The van der Waals surface area contributed by atoms with E-state index in [1.165, 1.54) is 10.8 Å². The number of hydrogen-bond donors (Lipinski definition) is 1. The zero-order valence-electron chi connectivity index (χ0n) is 6.84. The highest BCUT2D eigenvalue weighted by molar-refractivity contribution is 5.28. The second-order valence-electron chi connectivity index (χ2n) is 2.29. The molecule has 0 aliphatic rings. The number of hydrogen-bond acceptors (Lipinski definition) is 2. The molecule has 0 saturated carbocycles. The minimum absolute atomic E-state index is 0.305. The van der Waals surface area contributed by atoms with Gasteiger partial charge in [-0.3, -0.25) is 9.78 Å². The fourth-order valence-electron chi connectivity index (χ4n) is 0.787. The molecule has 0 atom stereocenters. The molecule has 62 valence electrons. The fraction of sp³-hybridized carbons (Fsp3) is 0.250. The van der Waals surface area contributed by atoms with Gasteiger partial charge in [-0.1, -0.05) is 5.92 Å². The van der Waals surface area contributed by atoms with Crippen LogP contribution in [0, 0.1) is 11.8 Å². The van der Waals surface area contributed by atoms with Crippen LogP contribution in [0.3, 0.4) is 0 Å². The van der Waals surface area contributed by atoms with Crippen LogP contribution in [0.4, 0.5) is 0 Å². The number of H-pyrrole nitrogens is 1. The van der Waals surface area contributed by atoms with Gasteiger partial charge in [0.1, 0.15) is 5.56 Å². The largest absolute Gasteiger partial charge is 0.328 e. The van der Waals surface area contributed by atoms with Crippen LogP contribution in [0.15, 0.2) is 15.8 Å². The smallest absolute Gasteiger partial charge is 0.302 e. The van der Waals surface area contributed by atoms with Crippen LogP contribution >= 0.6 is 0 Å². The van der Waals surface area contributed by atoms with E-state index in [2.05, 4.69) is 16.8 Å². The number of rotatable bonds is 0. The molecule has 0 spiro atoms. The average molecular weight is 164 g/mol. The van der Waals surface area contributed by atoms with E-state index in [1.807, 2.05) is 0 Å². The Hall–Kier alpha value is -1.76. The molecular weight excluding hydrogens is 156 g/mol. The first-order chi connectivity index (χ1) is 5.65. The molecular formula is C8H8N2O2. The van der Waals surface area contributed by atoms with E-state index in [0.29, 0.717) is 5.56 Å². The summed E-state index contributed by atoms with van der Waals surface area (Å²) in [6, 6.07) is 0. The van der Waals surface area contributed by atoms with Crippen LogP contribution in [0.1, 0.15) is 12.5 Å². The Balaban J connectivity index is 3.50. The normalized spacial score (nSPS) is 8.83. The van der Waals surface area contributed by atoms with Crippen LogP contribution in [0.5, 0.6) is 0 Å². The Kier molecular flexibility index (Phi) is 2.15. The first-order valence-corrected chi connectivity index (χ1v) is 3.38. The summed E-state index contributed by atoms with van der Waals surface area (Å²) in [4.78, 5) is 24.0. The number of aromatic nitrogens is 2. The summed E-state index contributed by atoms with van der Waals surface area (Å²) in [5, 5.41) is 0. The minimum Gasteiger partial charge on any atom is -0.302 e. The van der Waals surface area contributed by atoms with E-state index in [-0.39, 0.29) is 0 Å². The molecule has 1 aromatic heterocycles. The van der Waals surface area contributed by atoms with Crippen molar-refractivity contribution in [3.8, 4) is 11.8 Å². The number of nitrogens with zero attached hydrogens (tertiary/aromatic N) is 1. The number of nitrogens with one attached hydrogen (secondary N) is 1. The van der Waals surface area contributed by atoms with Crippen molar-refractivity contribution in [2.75, 3.05) is 0 Å². The van der Waals surface area contributed by atoms with Gasteiger partial charge >= 0.3 is 5.69 Å². The third kappa shape index (κ3) is 1.45. The second-order valence-corrected chi connectivity index (χ2v) is 2.29. The Bertz CT molecular complexity index is 456. The van der Waals surface area contributed by atoms with E-state index in [0.717, 1.165) is 0 Å². The van der Waals surface area contributed by atoms with Gasteiger partial charge in [-0.05, 0) is 6.92 Å². The summed E-state index contributed by atoms with van der Waals surface area (Å²) in [6.07, 6.45) is 1.41. The Morgan fingerprint density at radius 2 is 2.17 bits per heavy atom. The summed E-state index contributed by atoms with van der Waals surface area (Å²) in [5.74, 6) is 5.18. The van der Waals surface area contributed by atoms with Crippen molar-refractivity contribution < 1.29 is 0 Å². The Morgan fingerprint density at radius 3 is 2.75 bits per heavy atom. The zero-order chi connectivity index (χ0) is 9.14. The van der Waals surface area contributed by atoms with Gasteiger partial charge in [0.2, 0.25) is 0 Å². The summed E-state index contributed by atoms with van der Waals surface area (Å²) in [5.41, 5.74) is -0.561. The maximum atomic E-state index is 11.0. The molecule has 0 aromatic carbocycles. The number of aryl methyl sites for hydroxylation is 1. The van der Waals surface area contributed by atoms with Crippen LogP contribution in [0.2, 0.25) is 0 Å². The van der Waals surface area contributed by atoms with Gasteiger partial charge in [0.25, 0.3) is 5.56 Å². The van der Waals surface area contributed by atoms with Gasteiger partial charge in [-0.25, -0.2) is 4.79 Å². The van der Waals surface area contributed by atoms with E-state index in [9.17, 15) is 9.59 Å². The van der Waals surface area contributed by atoms with Crippen molar-refractivity contribution in [1.29, 1.82) is 0 Å². The summed E-state index contributed by atoms with van der Waals surface area (Å²) >= 11 is 0. The molecule has 1 N–H and O–H groups in total. The van der Waals surface area contributed by atoms with E-state index >= 15 is 0 Å². The molecule has 0 radical (unpaired) electrons. The van der Waals surface area contributed by atoms with Gasteiger partial charge in [0.05, 0.1) is 0 Å². The van der Waals surface area contributed by atoms with Gasteiger partial charge in [-0.2, -0.15) is 0 Å². The lowest BCUT2D eigenvalue weighted by molar-refractivity contribution is 0.795. The third-order valence-corrected chi connectivity index (χ3v) is 1.37. The predicted octanol–water partition coefficient (Wildman–Crippen LogP) is -0.555. The molecule has 0 amide bonds. The monoisotopic (exact) mass is 164 g/mol. The molecule has 4 heteroatoms. The molecule has 0 bridgehead atoms. The van der Waals surface area contributed by atoms with Crippen molar-refractivity contribution in [2.45, 2.75) is 6.92 Å². The van der Waals surface area contributed by atoms with Gasteiger partial charge in [-0.15, -0.1) is 5.92 Å². The Morgan fingerprint density at radius 1 is 1.50 bits per heavy atom. The first-order valence-electron chi connectivity index (χ1n) is 3.38. The molecule has 0 saturated heterocycles. The van der Waals surface area contributed by atoms with Gasteiger partial charge in [0.15, 0.2) is 0 Å². The average Bonchev–Trinajstić information content (AvgIpc) is 2.01.